The Labute approximate surface area is 134 Å². The average molecular weight is 306 g/mol. The number of likely N-dealkylation sites (tertiary alicyclic amines) is 1. The maximum Gasteiger partial charge on any atom is 0.234 e. The minimum atomic E-state index is -0.406. The van der Waals surface area contributed by atoms with Gasteiger partial charge in [0.05, 0.1) is 18.4 Å². The third-order valence-corrected chi connectivity index (χ3v) is 5.27. The maximum atomic E-state index is 12.7. The number of nitrogens with zero attached hydrogens (tertiary/aromatic N) is 1. The largest absolute Gasteiger partial charge is 0.399 e. The van der Waals surface area contributed by atoms with Gasteiger partial charge in [-0.05, 0) is 23.3 Å². The summed E-state index contributed by atoms with van der Waals surface area (Å²) in [4.78, 5) is 26.8. The molecule has 1 saturated carbocycles. The van der Waals surface area contributed by atoms with Crippen LogP contribution in [0.15, 0.2) is 54.6 Å². The van der Waals surface area contributed by atoms with Crippen molar-refractivity contribution in [3.05, 3.63) is 65.7 Å². The van der Waals surface area contributed by atoms with Gasteiger partial charge in [-0.25, -0.2) is 0 Å². The van der Waals surface area contributed by atoms with E-state index in [1.54, 1.807) is 0 Å². The van der Waals surface area contributed by atoms with Gasteiger partial charge in [-0.3, -0.25) is 14.5 Å². The number of hydrogen-bond acceptors (Lipinski definition) is 3. The molecule has 116 valence electrons. The fourth-order valence-electron chi connectivity index (χ4n) is 3.91. The van der Waals surface area contributed by atoms with Crippen LogP contribution >= 0.6 is 0 Å². The van der Waals surface area contributed by atoms with Crippen LogP contribution in [0.2, 0.25) is 0 Å². The van der Waals surface area contributed by atoms with Crippen LogP contribution in [-0.2, 0) is 21.5 Å². The molecule has 1 aliphatic carbocycles. The summed E-state index contributed by atoms with van der Waals surface area (Å²) in [6, 6.07) is 17.1. The lowest BCUT2D eigenvalue weighted by Gasteiger charge is -2.23. The van der Waals surface area contributed by atoms with Gasteiger partial charge >= 0.3 is 0 Å². The zero-order chi connectivity index (χ0) is 16.2. The molecule has 0 radical (unpaired) electrons. The monoisotopic (exact) mass is 306 g/mol. The number of fused-ring (bicyclic) bond motifs is 1. The molecule has 2 unspecified atom stereocenters. The van der Waals surface area contributed by atoms with Crippen molar-refractivity contribution in [3.8, 4) is 0 Å². The number of benzene rings is 2. The fourth-order valence-corrected chi connectivity index (χ4v) is 3.91. The zero-order valence-electron chi connectivity index (χ0n) is 12.9. The Morgan fingerprint density at radius 2 is 1.65 bits per heavy atom. The van der Waals surface area contributed by atoms with Gasteiger partial charge in [-0.1, -0.05) is 49.4 Å². The lowest BCUT2D eigenvalue weighted by Crippen LogP contribution is -2.37. The Bertz CT molecular complexity index is 778. The minimum absolute atomic E-state index is 0.0613. The Morgan fingerprint density at radius 1 is 1.00 bits per heavy atom. The molecular formula is C19H18N2O2. The van der Waals surface area contributed by atoms with Crippen LogP contribution in [-0.4, -0.2) is 16.7 Å². The Kier molecular flexibility index (Phi) is 2.85. The normalized spacial score (nSPS) is 28.8. The Morgan fingerprint density at radius 3 is 2.26 bits per heavy atom. The molecule has 4 heteroatoms. The van der Waals surface area contributed by atoms with Crippen molar-refractivity contribution in [2.24, 2.45) is 11.8 Å². The molecule has 2 atom stereocenters. The molecule has 1 aliphatic heterocycles. The van der Waals surface area contributed by atoms with E-state index in [-0.39, 0.29) is 23.7 Å². The van der Waals surface area contributed by atoms with Crippen molar-refractivity contribution >= 4 is 17.5 Å². The number of nitrogens with two attached hydrogens (primary N) is 1. The van der Waals surface area contributed by atoms with E-state index in [2.05, 4.69) is 0 Å². The Balaban J connectivity index is 1.60. The predicted octanol–water partition coefficient (Wildman–Crippen LogP) is 2.34. The highest BCUT2D eigenvalue weighted by molar-refractivity contribution is 6.11. The first-order valence-electron chi connectivity index (χ1n) is 7.78. The van der Waals surface area contributed by atoms with E-state index in [0.29, 0.717) is 12.2 Å². The summed E-state index contributed by atoms with van der Waals surface area (Å²) in [7, 11) is 0. The van der Waals surface area contributed by atoms with E-state index in [0.717, 1.165) is 11.1 Å². The summed E-state index contributed by atoms with van der Waals surface area (Å²) in [5.74, 6) is -0.622. The average Bonchev–Trinajstić information content (AvgIpc) is 3.11. The first-order valence-corrected chi connectivity index (χ1v) is 7.78. The lowest BCUT2D eigenvalue weighted by molar-refractivity contribution is -0.143. The van der Waals surface area contributed by atoms with Crippen molar-refractivity contribution in [1.29, 1.82) is 0 Å². The van der Waals surface area contributed by atoms with Gasteiger partial charge in [-0.2, -0.15) is 0 Å². The second kappa shape index (κ2) is 4.69. The van der Waals surface area contributed by atoms with Gasteiger partial charge < -0.3 is 5.73 Å². The van der Waals surface area contributed by atoms with E-state index in [4.69, 9.17) is 5.73 Å². The standard InChI is InChI=1S/C19H18N2O2/c1-19(13-8-5-9-14(20)10-13)15-16(19)18(23)21(17(15)22)11-12-6-3-2-4-7-12/h2-10,15-16H,11,20H2,1H3. The van der Waals surface area contributed by atoms with Crippen LogP contribution in [0.25, 0.3) is 0 Å². The van der Waals surface area contributed by atoms with E-state index in [9.17, 15) is 9.59 Å². The van der Waals surface area contributed by atoms with E-state index >= 15 is 0 Å². The summed E-state index contributed by atoms with van der Waals surface area (Å²) in [6.07, 6.45) is 0. The van der Waals surface area contributed by atoms with E-state index in [1.165, 1.54) is 4.90 Å². The number of nitrogen functional groups attached to an aromatic ring is 1. The SMILES string of the molecule is CC1(c2cccc(N)c2)C2C(=O)N(Cc3ccccc3)C(=O)C21. The van der Waals surface area contributed by atoms with Gasteiger partial charge in [0.2, 0.25) is 11.8 Å². The molecule has 1 heterocycles. The summed E-state index contributed by atoms with van der Waals surface area (Å²) < 4.78 is 0. The maximum absolute atomic E-state index is 12.7. The van der Waals surface area contributed by atoms with Gasteiger partial charge in [0.15, 0.2) is 0 Å². The van der Waals surface area contributed by atoms with Gasteiger partial charge in [-0.15, -0.1) is 0 Å². The van der Waals surface area contributed by atoms with Crippen LogP contribution in [0.4, 0.5) is 5.69 Å². The highest BCUT2D eigenvalue weighted by Gasteiger charge is 2.75. The molecule has 2 aliphatic rings. The van der Waals surface area contributed by atoms with Gasteiger partial charge in [0.25, 0.3) is 0 Å². The number of anilines is 1. The second-order valence-electron chi connectivity index (χ2n) is 6.61. The lowest BCUT2D eigenvalue weighted by atomic mass is 9.91. The summed E-state index contributed by atoms with van der Waals surface area (Å²) >= 11 is 0. The van der Waals surface area contributed by atoms with Crippen LogP contribution < -0.4 is 5.73 Å². The summed E-state index contributed by atoms with van der Waals surface area (Å²) in [5.41, 5.74) is 8.06. The number of hydrogen-bond donors (Lipinski definition) is 1. The fraction of sp³-hybridized carbons (Fsp3) is 0.263. The smallest absolute Gasteiger partial charge is 0.234 e. The highest BCUT2D eigenvalue weighted by Crippen LogP contribution is 2.64. The topological polar surface area (TPSA) is 63.4 Å². The van der Waals surface area contributed by atoms with Crippen molar-refractivity contribution in [2.75, 3.05) is 5.73 Å². The molecule has 0 spiro atoms. The van der Waals surface area contributed by atoms with Crippen LogP contribution in [0, 0.1) is 11.8 Å². The van der Waals surface area contributed by atoms with E-state index < -0.39 is 5.41 Å². The molecule has 4 nitrogen and oxygen atoms in total. The molecule has 2 aromatic rings. The predicted molar refractivity (Wildman–Crippen MR) is 87.2 cm³/mol. The summed E-state index contributed by atoms with van der Waals surface area (Å²) in [6.45, 7) is 2.35. The van der Waals surface area contributed by atoms with Crippen molar-refractivity contribution in [3.63, 3.8) is 0 Å². The molecule has 2 N–H and O–H groups in total. The third-order valence-electron chi connectivity index (χ3n) is 5.27. The summed E-state index contributed by atoms with van der Waals surface area (Å²) in [5, 5.41) is 0. The van der Waals surface area contributed by atoms with Crippen molar-refractivity contribution in [1.82, 2.24) is 4.90 Å². The Hall–Kier alpha value is -2.62. The first kappa shape index (κ1) is 14.0. The number of carbonyl (C=O) groups excluding carboxylic acids is 2. The van der Waals surface area contributed by atoms with Crippen molar-refractivity contribution < 1.29 is 9.59 Å². The number of piperidine rings is 1. The number of carbonyl (C=O) groups is 2. The molecule has 1 saturated heterocycles. The molecule has 23 heavy (non-hydrogen) atoms. The quantitative estimate of drug-likeness (QED) is 0.699. The molecule has 4 rings (SSSR count). The molecule has 2 aromatic carbocycles. The highest BCUT2D eigenvalue weighted by atomic mass is 16.2. The number of rotatable bonds is 3. The molecule has 0 aromatic heterocycles. The first-order chi connectivity index (χ1) is 11.0. The molecule has 0 bridgehead atoms. The van der Waals surface area contributed by atoms with Crippen LogP contribution in [0.1, 0.15) is 18.1 Å². The van der Waals surface area contributed by atoms with Crippen LogP contribution in [0.3, 0.4) is 0 Å². The van der Waals surface area contributed by atoms with Crippen LogP contribution in [0.5, 0.6) is 0 Å². The zero-order valence-corrected chi connectivity index (χ0v) is 12.9. The number of imide groups is 1. The van der Waals surface area contributed by atoms with Gasteiger partial charge in [0.1, 0.15) is 0 Å². The minimum Gasteiger partial charge on any atom is -0.399 e. The third kappa shape index (κ3) is 1.91. The number of amides is 2. The molecular weight excluding hydrogens is 288 g/mol. The van der Waals surface area contributed by atoms with E-state index in [1.807, 2.05) is 61.5 Å². The van der Waals surface area contributed by atoms with Crippen molar-refractivity contribution in [2.45, 2.75) is 18.9 Å². The second-order valence-corrected chi connectivity index (χ2v) is 6.61. The molecule has 2 fully saturated rings. The van der Waals surface area contributed by atoms with Gasteiger partial charge in [0, 0.05) is 11.1 Å². The molecule has 2 amide bonds.